The Bertz CT molecular complexity index is 577. The molecule has 0 saturated carbocycles. The van der Waals surface area contributed by atoms with E-state index in [1.54, 1.807) is 25.1 Å². The predicted molar refractivity (Wildman–Crippen MR) is 80.2 cm³/mol. The number of benzene rings is 1. The number of Topliss-reactive ketones (excluding diaryl/α,β-unsaturated/α-hetero) is 1. The molecule has 1 aromatic carbocycles. The van der Waals surface area contributed by atoms with Crippen molar-refractivity contribution in [2.45, 2.75) is 19.4 Å². The summed E-state index contributed by atoms with van der Waals surface area (Å²) in [6.45, 7) is 5.49. The van der Waals surface area contributed by atoms with E-state index in [0.717, 1.165) is 5.56 Å². The molecule has 1 rings (SSSR count). The van der Waals surface area contributed by atoms with E-state index in [4.69, 9.17) is 10.3 Å². The largest absolute Gasteiger partial charge is 0.457 e. The van der Waals surface area contributed by atoms with Crippen molar-refractivity contribution in [3.63, 3.8) is 0 Å². The molecule has 0 aromatic heterocycles. The van der Waals surface area contributed by atoms with Gasteiger partial charge in [-0.25, -0.2) is 4.79 Å². The summed E-state index contributed by atoms with van der Waals surface area (Å²) in [4.78, 5) is 26.4. The summed E-state index contributed by atoms with van der Waals surface area (Å²) >= 11 is 0. The minimum Gasteiger partial charge on any atom is -0.457 e. The van der Waals surface area contributed by atoms with Gasteiger partial charge in [0.1, 0.15) is 0 Å². The monoisotopic (exact) mass is 302 g/mol. The van der Waals surface area contributed by atoms with Crippen molar-refractivity contribution in [3.05, 3.63) is 54.1 Å². The molecular weight excluding hydrogens is 284 g/mol. The molecule has 0 bridgehead atoms. The summed E-state index contributed by atoms with van der Waals surface area (Å²) < 4.78 is 10.2. The van der Waals surface area contributed by atoms with Gasteiger partial charge in [-0.15, -0.1) is 6.58 Å². The first-order valence-corrected chi connectivity index (χ1v) is 6.83. The van der Waals surface area contributed by atoms with Crippen LogP contribution in [0.2, 0.25) is 0 Å². The normalized spacial score (nSPS) is 11.1. The van der Waals surface area contributed by atoms with Crippen molar-refractivity contribution in [2.75, 3.05) is 13.2 Å². The Morgan fingerprint density at radius 2 is 2.05 bits per heavy atom. The van der Waals surface area contributed by atoms with Gasteiger partial charge < -0.3 is 15.0 Å². The molecule has 0 amide bonds. The first-order chi connectivity index (χ1) is 10.6. The molecule has 0 heterocycles. The molecule has 0 saturated heterocycles. The Balaban J connectivity index is 2.89. The van der Waals surface area contributed by atoms with E-state index >= 15 is 0 Å². The lowest BCUT2D eigenvalue weighted by Gasteiger charge is -2.15. The van der Waals surface area contributed by atoms with Crippen LogP contribution >= 0.6 is 0 Å². The topological polar surface area (TPSA) is 89.0 Å². The highest BCUT2D eigenvalue weighted by molar-refractivity contribution is 6.62. The summed E-state index contributed by atoms with van der Waals surface area (Å²) in [6, 6.07) is 9.09. The van der Waals surface area contributed by atoms with Gasteiger partial charge in [0.25, 0.3) is 5.78 Å². The fraction of sp³-hybridized carbons (Fsp3) is 0.312. The first-order valence-electron chi connectivity index (χ1n) is 6.83. The maximum Gasteiger partial charge on any atom is 0.441 e. The van der Waals surface area contributed by atoms with E-state index in [9.17, 15) is 9.59 Å². The average molecular weight is 302 g/mol. The summed E-state index contributed by atoms with van der Waals surface area (Å²) in [5.41, 5.74) is 9.00. The second-order valence-corrected chi connectivity index (χ2v) is 4.32. The third-order valence-electron chi connectivity index (χ3n) is 2.79. The molecule has 1 atom stereocenters. The molecule has 0 spiro atoms. The van der Waals surface area contributed by atoms with Crippen molar-refractivity contribution in [1.82, 2.24) is 0 Å². The smallest absolute Gasteiger partial charge is 0.441 e. The number of hydrogen-bond donors (Lipinski definition) is 0. The van der Waals surface area contributed by atoms with Gasteiger partial charge in [-0.3, -0.25) is 4.79 Å². The molecule has 6 nitrogen and oxygen atoms in total. The third kappa shape index (κ3) is 5.09. The van der Waals surface area contributed by atoms with Gasteiger partial charge in [0, 0.05) is 6.42 Å². The average Bonchev–Trinajstić information content (AvgIpc) is 2.53. The molecule has 0 aliphatic carbocycles. The molecule has 116 valence electrons. The Kier molecular flexibility index (Phi) is 7.47. The van der Waals surface area contributed by atoms with Crippen LogP contribution in [-0.2, 0) is 19.1 Å². The maximum atomic E-state index is 12.1. The van der Waals surface area contributed by atoms with E-state index in [1.807, 2.05) is 18.2 Å². The molecule has 0 aliphatic heterocycles. The molecule has 22 heavy (non-hydrogen) atoms. The summed E-state index contributed by atoms with van der Waals surface area (Å²) in [5.74, 6) is -1.61. The number of esters is 1. The standard InChI is InChI=1S/C16H18N2O4/c1-3-10-22-14(12-8-6-5-7-9-12)11-13(19)15(18-17)16(20)21-4-2/h3,5-9,14H,1,4,10-11H2,2H3/t14-/m1/s1. The van der Waals surface area contributed by atoms with E-state index in [1.165, 1.54) is 0 Å². The number of hydrogen-bond acceptors (Lipinski definition) is 4. The number of carbonyl (C=O) groups is 2. The first kappa shape index (κ1) is 17.5. The summed E-state index contributed by atoms with van der Waals surface area (Å²) in [5, 5.41) is 0. The second-order valence-electron chi connectivity index (χ2n) is 4.32. The van der Waals surface area contributed by atoms with E-state index in [0.29, 0.717) is 0 Å². The van der Waals surface area contributed by atoms with Gasteiger partial charge in [0.15, 0.2) is 0 Å². The number of nitrogens with zero attached hydrogens (tertiary/aromatic N) is 2. The highest BCUT2D eigenvalue weighted by atomic mass is 16.5. The van der Waals surface area contributed by atoms with Crippen LogP contribution in [0.4, 0.5) is 0 Å². The molecule has 0 radical (unpaired) electrons. The minimum atomic E-state index is -0.953. The van der Waals surface area contributed by atoms with Gasteiger partial charge in [-0.05, 0) is 12.5 Å². The molecule has 1 aromatic rings. The summed E-state index contributed by atoms with van der Waals surface area (Å²) in [6.07, 6.45) is 0.848. The Morgan fingerprint density at radius 3 is 2.59 bits per heavy atom. The van der Waals surface area contributed by atoms with Crippen molar-refractivity contribution in [3.8, 4) is 0 Å². The Hall–Kier alpha value is -2.56. The quantitative estimate of drug-likeness (QED) is 0.174. The highest BCUT2D eigenvalue weighted by Gasteiger charge is 2.33. The molecule has 6 heteroatoms. The van der Waals surface area contributed by atoms with E-state index in [2.05, 4.69) is 16.1 Å². The van der Waals surface area contributed by atoms with Crippen LogP contribution in [0.3, 0.4) is 0 Å². The second kappa shape index (κ2) is 9.39. The highest BCUT2D eigenvalue weighted by Crippen LogP contribution is 2.21. The van der Waals surface area contributed by atoms with Crippen molar-refractivity contribution in [1.29, 1.82) is 0 Å². The molecular formula is C16H18N2O4. The fourth-order valence-electron chi connectivity index (χ4n) is 1.80. The zero-order valence-electron chi connectivity index (χ0n) is 12.4. The van der Waals surface area contributed by atoms with Gasteiger partial charge in [0.2, 0.25) is 0 Å². The lowest BCUT2D eigenvalue weighted by Crippen LogP contribution is -2.29. The van der Waals surface area contributed by atoms with Crippen LogP contribution in [0.5, 0.6) is 0 Å². The predicted octanol–water partition coefficient (Wildman–Crippen LogP) is 2.12. The van der Waals surface area contributed by atoms with Gasteiger partial charge in [-0.2, -0.15) is 4.79 Å². The van der Waals surface area contributed by atoms with Crippen LogP contribution in [-0.4, -0.2) is 35.5 Å². The Morgan fingerprint density at radius 1 is 1.36 bits per heavy atom. The lowest BCUT2D eigenvalue weighted by atomic mass is 10.0. The van der Waals surface area contributed by atoms with Crippen molar-refractivity contribution in [2.24, 2.45) is 0 Å². The van der Waals surface area contributed by atoms with E-state index < -0.39 is 23.6 Å². The van der Waals surface area contributed by atoms with Gasteiger partial charge >= 0.3 is 11.7 Å². The minimum absolute atomic E-state index is 0.0835. The van der Waals surface area contributed by atoms with Crippen LogP contribution < -0.4 is 0 Å². The fourth-order valence-corrected chi connectivity index (χ4v) is 1.80. The van der Waals surface area contributed by atoms with Crippen LogP contribution in [0.1, 0.15) is 25.0 Å². The number of ketones is 1. The van der Waals surface area contributed by atoms with Gasteiger partial charge in [-0.1, -0.05) is 36.4 Å². The zero-order valence-corrected chi connectivity index (χ0v) is 12.4. The number of ether oxygens (including phenoxy) is 2. The van der Waals surface area contributed by atoms with Crippen LogP contribution in [0, 0.1) is 0 Å². The van der Waals surface area contributed by atoms with Crippen LogP contribution in [0.25, 0.3) is 5.53 Å². The molecule has 0 aliphatic rings. The zero-order chi connectivity index (χ0) is 16.4. The van der Waals surface area contributed by atoms with Crippen LogP contribution in [0.15, 0.2) is 43.0 Å². The SMILES string of the molecule is C=CCO[C@H](CC(=O)C(=[N+]=[N-])C(=O)OCC)c1ccccc1. The third-order valence-corrected chi connectivity index (χ3v) is 2.79. The summed E-state index contributed by atoms with van der Waals surface area (Å²) in [7, 11) is 0. The van der Waals surface area contributed by atoms with Crippen molar-refractivity contribution < 1.29 is 23.9 Å². The van der Waals surface area contributed by atoms with E-state index in [-0.39, 0.29) is 19.6 Å². The van der Waals surface area contributed by atoms with Crippen molar-refractivity contribution >= 4 is 17.5 Å². The maximum absolute atomic E-state index is 12.1. The molecule has 0 unspecified atom stereocenters. The lowest BCUT2D eigenvalue weighted by molar-refractivity contribution is -0.142. The van der Waals surface area contributed by atoms with Gasteiger partial charge in [0.05, 0.1) is 19.3 Å². The molecule has 0 fully saturated rings. The molecule has 0 N–H and O–H groups in total. The number of carbonyl (C=O) groups excluding carboxylic acids is 2. The Labute approximate surface area is 129 Å². The number of rotatable bonds is 9.